The SMILES string of the molecule is O=C1CC(Nc2ccc([N+](=O)[O-])cc2)CN1C1CC1. The number of nitrogens with zero attached hydrogens (tertiary/aromatic N) is 2. The van der Waals surface area contributed by atoms with Crippen molar-refractivity contribution in [3.05, 3.63) is 34.4 Å². The molecule has 1 aliphatic carbocycles. The minimum Gasteiger partial charge on any atom is -0.380 e. The van der Waals surface area contributed by atoms with Crippen LogP contribution in [0.3, 0.4) is 0 Å². The number of likely N-dealkylation sites (tertiary alicyclic amines) is 1. The first-order valence-electron chi connectivity index (χ1n) is 6.44. The molecular weight excluding hydrogens is 246 g/mol. The van der Waals surface area contributed by atoms with Crippen molar-refractivity contribution < 1.29 is 9.72 Å². The van der Waals surface area contributed by atoms with Gasteiger partial charge in [-0.25, -0.2) is 0 Å². The zero-order valence-corrected chi connectivity index (χ0v) is 10.4. The summed E-state index contributed by atoms with van der Waals surface area (Å²) >= 11 is 0. The lowest BCUT2D eigenvalue weighted by Gasteiger charge is -2.16. The molecule has 0 bridgehead atoms. The molecule has 100 valence electrons. The van der Waals surface area contributed by atoms with Gasteiger partial charge in [0.15, 0.2) is 0 Å². The Bertz CT molecular complexity index is 510. The normalized spacial score (nSPS) is 22.6. The molecule has 1 saturated heterocycles. The predicted molar refractivity (Wildman–Crippen MR) is 69.9 cm³/mol. The van der Waals surface area contributed by atoms with E-state index in [-0.39, 0.29) is 17.6 Å². The summed E-state index contributed by atoms with van der Waals surface area (Å²) in [5.74, 6) is 0.210. The molecule has 2 aliphatic rings. The van der Waals surface area contributed by atoms with Gasteiger partial charge in [-0.3, -0.25) is 14.9 Å². The molecule has 1 atom stereocenters. The largest absolute Gasteiger partial charge is 0.380 e. The number of nitro benzene ring substituents is 1. The number of nitro groups is 1. The fourth-order valence-electron chi connectivity index (χ4n) is 2.48. The lowest BCUT2D eigenvalue weighted by molar-refractivity contribution is -0.384. The Morgan fingerprint density at radius 3 is 2.53 bits per heavy atom. The van der Waals surface area contributed by atoms with Crippen LogP contribution in [0.15, 0.2) is 24.3 Å². The molecule has 1 heterocycles. The van der Waals surface area contributed by atoms with Crippen molar-refractivity contribution in [2.24, 2.45) is 0 Å². The molecule has 0 spiro atoms. The van der Waals surface area contributed by atoms with Gasteiger partial charge in [0.1, 0.15) is 0 Å². The van der Waals surface area contributed by atoms with Crippen molar-refractivity contribution in [2.75, 3.05) is 11.9 Å². The van der Waals surface area contributed by atoms with Crippen LogP contribution in [0.25, 0.3) is 0 Å². The molecule has 1 N–H and O–H groups in total. The van der Waals surface area contributed by atoms with Gasteiger partial charge in [-0.2, -0.15) is 0 Å². The van der Waals surface area contributed by atoms with E-state index < -0.39 is 4.92 Å². The van der Waals surface area contributed by atoms with Crippen LogP contribution in [-0.4, -0.2) is 34.4 Å². The molecule has 1 aromatic rings. The van der Waals surface area contributed by atoms with E-state index in [2.05, 4.69) is 5.32 Å². The second-order valence-corrected chi connectivity index (χ2v) is 5.13. The maximum Gasteiger partial charge on any atom is 0.269 e. The van der Waals surface area contributed by atoms with Crippen LogP contribution in [0.4, 0.5) is 11.4 Å². The van der Waals surface area contributed by atoms with Crippen LogP contribution >= 0.6 is 0 Å². The molecule has 3 rings (SSSR count). The van der Waals surface area contributed by atoms with Gasteiger partial charge in [0, 0.05) is 36.8 Å². The monoisotopic (exact) mass is 261 g/mol. The highest BCUT2D eigenvalue weighted by atomic mass is 16.6. The third-order valence-electron chi connectivity index (χ3n) is 3.60. The van der Waals surface area contributed by atoms with Crippen LogP contribution in [-0.2, 0) is 4.79 Å². The number of benzene rings is 1. The number of carbonyl (C=O) groups is 1. The molecule has 1 aliphatic heterocycles. The third kappa shape index (κ3) is 2.52. The van der Waals surface area contributed by atoms with Crippen molar-refractivity contribution in [1.29, 1.82) is 0 Å². The van der Waals surface area contributed by atoms with Gasteiger partial charge in [-0.15, -0.1) is 0 Å². The molecule has 2 fully saturated rings. The van der Waals surface area contributed by atoms with Gasteiger partial charge in [0.2, 0.25) is 5.91 Å². The lowest BCUT2D eigenvalue weighted by atomic mass is 10.2. The van der Waals surface area contributed by atoms with Gasteiger partial charge in [-0.1, -0.05) is 0 Å². The number of anilines is 1. The average Bonchev–Trinajstić information content (AvgIpc) is 3.15. The minimum absolute atomic E-state index is 0.0765. The first-order valence-corrected chi connectivity index (χ1v) is 6.44. The summed E-state index contributed by atoms with van der Waals surface area (Å²) < 4.78 is 0. The van der Waals surface area contributed by atoms with E-state index >= 15 is 0 Å². The van der Waals surface area contributed by atoms with Crippen LogP contribution in [0, 0.1) is 10.1 Å². The van der Waals surface area contributed by atoms with E-state index in [1.165, 1.54) is 12.1 Å². The molecule has 19 heavy (non-hydrogen) atoms. The summed E-state index contributed by atoms with van der Waals surface area (Å²) in [6.45, 7) is 0.737. The van der Waals surface area contributed by atoms with E-state index in [1.54, 1.807) is 12.1 Å². The van der Waals surface area contributed by atoms with E-state index in [0.717, 1.165) is 25.1 Å². The highest BCUT2D eigenvalue weighted by molar-refractivity contribution is 5.80. The molecule has 0 radical (unpaired) electrons. The maximum atomic E-state index is 11.8. The van der Waals surface area contributed by atoms with Crippen molar-refractivity contribution >= 4 is 17.3 Å². The van der Waals surface area contributed by atoms with Crippen molar-refractivity contribution in [1.82, 2.24) is 4.90 Å². The van der Waals surface area contributed by atoms with Crippen molar-refractivity contribution in [3.8, 4) is 0 Å². The first-order chi connectivity index (χ1) is 9.13. The van der Waals surface area contributed by atoms with E-state index in [1.807, 2.05) is 4.90 Å². The fraction of sp³-hybridized carbons (Fsp3) is 0.462. The van der Waals surface area contributed by atoms with Gasteiger partial charge in [0.05, 0.1) is 11.0 Å². The summed E-state index contributed by atoms with van der Waals surface area (Å²) in [7, 11) is 0. The number of carbonyl (C=O) groups excluding carboxylic acids is 1. The van der Waals surface area contributed by atoms with Gasteiger partial charge in [0.25, 0.3) is 5.69 Å². The van der Waals surface area contributed by atoms with E-state index in [4.69, 9.17) is 0 Å². The van der Waals surface area contributed by atoms with Crippen LogP contribution in [0.5, 0.6) is 0 Å². The van der Waals surface area contributed by atoms with Crippen LogP contribution in [0.1, 0.15) is 19.3 Å². The third-order valence-corrected chi connectivity index (χ3v) is 3.60. The van der Waals surface area contributed by atoms with Gasteiger partial charge >= 0.3 is 0 Å². The number of nitrogens with one attached hydrogen (secondary N) is 1. The quantitative estimate of drug-likeness (QED) is 0.662. The maximum absolute atomic E-state index is 11.8. The number of hydrogen-bond acceptors (Lipinski definition) is 4. The fourth-order valence-corrected chi connectivity index (χ4v) is 2.48. The van der Waals surface area contributed by atoms with Crippen molar-refractivity contribution in [3.63, 3.8) is 0 Å². The molecule has 1 unspecified atom stereocenters. The van der Waals surface area contributed by atoms with Crippen molar-refractivity contribution in [2.45, 2.75) is 31.3 Å². The van der Waals surface area contributed by atoms with E-state index in [9.17, 15) is 14.9 Å². The predicted octanol–water partition coefficient (Wildman–Crippen LogP) is 1.77. The summed E-state index contributed by atoms with van der Waals surface area (Å²) in [6, 6.07) is 6.87. The van der Waals surface area contributed by atoms with Gasteiger partial charge in [-0.05, 0) is 25.0 Å². The molecule has 0 aromatic heterocycles. The summed E-state index contributed by atoms with van der Waals surface area (Å²) in [4.78, 5) is 23.9. The average molecular weight is 261 g/mol. The Kier molecular flexibility index (Phi) is 2.85. The Balaban J connectivity index is 1.62. The molecule has 1 saturated carbocycles. The molecular formula is C13H15N3O3. The van der Waals surface area contributed by atoms with Crippen LogP contribution in [0.2, 0.25) is 0 Å². The molecule has 1 aromatic carbocycles. The molecule has 1 amide bonds. The van der Waals surface area contributed by atoms with E-state index in [0.29, 0.717) is 12.5 Å². The molecule has 6 nitrogen and oxygen atoms in total. The Morgan fingerprint density at radius 1 is 1.26 bits per heavy atom. The topological polar surface area (TPSA) is 75.5 Å². The summed E-state index contributed by atoms with van der Waals surface area (Å²) in [6.07, 6.45) is 2.75. The lowest BCUT2D eigenvalue weighted by Crippen LogP contribution is -2.29. The molecule has 6 heteroatoms. The first kappa shape index (κ1) is 12.0. The number of non-ortho nitro benzene ring substituents is 1. The van der Waals surface area contributed by atoms with Crippen LogP contribution < -0.4 is 5.32 Å². The Morgan fingerprint density at radius 2 is 1.95 bits per heavy atom. The smallest absolute Gasteiger partial charge is 0.269 e. The highest BCUT2D eigenvalue weighted by Crippen LogP contribution is 2.31. The zero-order chi connectivity index (χ0) is 13.4. The summed E-state index contributed by atoms with van der Waals surface area (Å²) in [5.41, 5.74) is 0.897. The standard InChI is InChI=1S/C13H15N3O3/c17-13-7-10(8-15(13)11-5-6-11)14-9-1-3-12(4-2-9)16(18)19/h1-4,10-11,14H,5-8H2. The van der Waals surface area contributed by atoms with Gasteiger partial charge < -0.3 is 10.2 Å². The minimum atomic E-state index is -0.419. The number of hydrogen-bond donors (Lipinski definition) is 1. The Hall–Kier alpha value is -2.11. The Labute approximate surface area is 110 Å². The number of rotatable bonds is 4. The summed E-state index contributed by atoms with van der Waals surface area (Å²) in [5, 5.41) is 13.8. The zero-order valence-electron chi connectivity index (χ0n) is 10.4. The second kappa shape index (κ2) is 4.53. The number of amides is 1. The second-order valence-electron chi connectivity index (χ2n) is 5.13. The highest BCUT2D eigenvalue weighted by Gasteiger charge is 2.39.